The zero-order valence-electron chi connectivity index (χ0n) is 10.5. The van der Waals surface area contributed by atoms with Gasteiger partial charge in [0.2, 0.25) is 5.82 Å². The molecule has 0 unspecified atom stereocenters. The molecule has 20 heavy (non-hydrogen) atoms. The number of hydrogen-bond donors (Lipinski definition) is 1. The molecule has 0 amide bonds. The first-order valence-electron chi connectivity index (χ1n) is 5.66. The van der Waals surface area contributed by atoms with Crippen molar-refractivity contribution in [1.29, 1.82) is 0 Å². The number of benzene rings is 1. The number of aromatic nitrogens is 2. The van der Waals surface area contributed by atoms with E-state index in [1.807, 2.05) is 12.1 Å². The molecule has 1 aromatic heterocycles. The molecule has 1 heterocycles. The minimum absolute atomic E-state index is 0.199. The minimum Gasteiger partial charge on any atom is -0.411 e. The van der Waals surface area contributed by atoms with Gasteiger partial charge in [0.1, 0.15) is 11.9 Å². The van der Waals surface area contributed by atoms with Gasteiger partial charge in [-0.2, -0.15) is 0 Å². The number of nitro groups is 1. The number of halogens is 1. The summed E-state index contributed by atoms with van der Waals surface area (Å²) in [5.74, 6) is 0.255. The second kappa shape index (κ2) is 5.83. The van der Waals surface area contributed by atoms with Crippen molar-refractivity contribution in [3.05, 3.63) is 56.4 Å². The number of oxime groups is 1. The predicted octanol–water partition coefficient (Wildman–Crippen LogP) is 2.74. The van der Waals surface area contributed by atoms with Crippen molar-refractivity contribution in [3.63, 3.8) is 0 Å². The van der Waals surface area contributed by atoms with E-state index in [0.717, 1.165) is 10.0 Å². The molecule has 0 bridgehead atoms. The minimum atomic E-state index is -0.557. The molecule has 0 radical (unpaired) electrons. The summed E-state index contributed by atoms with van der Waals surface area (Å²) >= 11 is 3.32. The Kier molecular flexibility index (Phi) is 4.14. The van der Waals surface area contributed by atoms with Crippen LogP contribution >= 0.6 is 15.9 Å². The smallest absolute Gasteiger partial charge is 0.381 e. The average Bonchev–Trinajstić information content (AvgIpc) is 2.79. The highest BCUT2D eigenvalue weighted by atomic mass is 79.9. The van der Waals surface area contributed by atoms with Crippen LogP contribution in [0.25, 0.3) is 0 Å². The van der Waals surface area contributed by atoms with Gasteiger partial charge < -0.3 is 19.9 Å². The van der Waals surface area contributed by atoms with Crippen LogP contribution in [0.4, 0.5) is 5.82 Å². The summed E-state index contributed by atoms with van der Waals surface area (Å²) in [6.07, 6.45) is 1.32. The second-order valence-electron chi connectivity index (χ2n) is 4.08. The Morgan fingerprint density at radius 2 is 2.15 bits per heavy atom. The summed E-state index contributed by atoms with van der Waals surface area (Å²) in [6.45, 7) is 1.86. The van der Waals surface area contributed by atoms with E-state index in [4.69, 9.17) is 5.21 Å². The number of nitrogens with zero attached hydrogens (tertiary/aromatic N) is 4. The molecule has 1 aromatic carbocycles. The van der Waals surface area contributed by atoms with Crippen LogP contribution in [-0.4, -0.2) is 25.4 Å². The molecule has 0 aliphatic rings. The molecule has 0 saturated carbocycles. The lowest BCUT2D eigenvalue weighted by atomic mass is 10.1. The highest BCUT2D eigenvalue weighted by Crippen LogP contribution is 2.14. The zero-order valence-corrected chi connectivity index (χ0v) is 12.1. The number of imidazole rings is 1. The highest BCUT2D eigenvalue weighted by molar-refractivity contribution is 9.10. The van der Waals surface area contributed by atoms with Gasteiger partial charge >= 0.3 is 5.82 Å². The monoisotopic (exact) mass is 338 g/mol. The average molecular weight is 339 g/mol. The van der Waals surface area contributed by atoms with Gasteiger partial charge in [0.05, 0.1) is 6.54 Å². The second-order valence-corrected chi connectivity index (χ2v) is 5.00. The third-order valence-electron chi connectivity index (χ3n) is 2.77. The van der Waals surface area contributed by atoms with Crippen LogP contribution in [0.15, 0.2) is 40.1 Å². The van der Waals surface area contributed by atoms with Gasteiger partial charge in [-0.3, -0.25) is 0 Å². The lowest BCUT2D eigenvalue weighted by molar-refractivity contribution is -0.389. The molecular formula is C12H11BrN4O3. The number of rotatable bonds is 4. The molecule has 2 rings (SSSR count). The third kappa shape index (κ3) is 3.02. The molecule has 7 nitrogen and oxygen atoms in total. The zero-order chi connectivity index (χ0) is 14.7. The molecule has 0 fully saturated rings. The predicted molar refractivity (Wildman–Crippen MR) is 76.1 cm³/mol. The Morgan fingerprint density at radius 1 is 1.50 bits per heavy atom. The maximum Gasteiger partial charge on any atom is 0.381 e. The van der Waals surface area contributed by atoms with E-state index in [0.29, 0.717) is 11.5 Å². The largest absolute Gasteiger partial charge is 0.411 e. The van der Waals surface area contributed by atoms with Crippen LogP contribution in [0.3, 0.4) is 0 Å². The van der Waals surface area contributed by atoms with Crippen LogP contribution in [-0.2, 0) is 6.54 Å². The van der Waals surface area contributed by atoms with Crippen LogP contribution in [0, 0.1) is 17.0 Å². The highest BCUT2D eigenvalue weighted by Gasteiger charge is 2.17. The summed E-state index contributed by atoms with van der Waals surface area (Å²) in [7, 11) is 0. The fourth-order valence-electron chi connectivity index (χ4n) is 1.72. The van der Waals surface area contributed by atoms with Crippen LogP contribution in [0.5, 0.6) is 0 Å². The quantitative estimate of drug-likeness (QED) is 0.401. The normalized spacial score (nSPS) is 11.6. The first kappa shape index (κ1) is 14.2. The summed E-state index contributed by atoms with van der Waals surface area (Å²) in [5.41, 5.74) is 1.12. The van der Waals surface area contributed by atoms with E-state index < -0.39 is 4.92 Å². The third-order valence-corrected chi connectivity index (χ3v) is 3.30. The Hall–Kier alpha value is -2.22. The maximum atomic E-state index is 10.7. The van der Waals surface area contributed by atoms with E-state index >= 15 is 0 Å². The standard InChI is InChI=1S/C12H11BrN4O3/c1-8-14-12(17(19)20)7-16(8)6-11(15-18)9-2-4-10(13)5-3-9/h2-5,7,18H,6H2,1H3/b15-11+. The Labute approximate surface area is 122 Å². The van der Waals surface area contributed by atoms with E-state index in [9.17, 15) is 10.1 Å². The molecule has 1 N–H and O–H groups in total. The molecular weight excluding hydrogens is 328 g/mol. The molecule has 2 aromatic rings. The molecule has 0 aliphatic carbocycles. The van der Waals surface area contributed by atoms with E-state index in [1.165, 1.54) is 6.20 Å². The van der Waals surface area contributed by atoms with Crippen LogP contribution < -0.4 is 0 Å². The lowest BCUT2D eigenvalue weighted by Crippen LogP contribution is -2.12. The number of hydrogen-bond acceptors (Lipinski definition) is 5. The van der Waals surface area contributed by atoms with Gasteiger partial charge in [0.25, 0.3) is 0 Å². The lowest BCUT2D eigenvalue weighted by Gasteiger charge is -2.06. The van der Waals surface area contributed by atoms with E-state index in [-0.39, 0.29) is 12.4 Å². The summed E-state index contributed by atoms with van der Waals surface area (Å²) in [6, 6.07) is 7.23. The Morgan fingerprint density at radius 3 is 2.65 bits per heavy atom. The Balaban J connectivity index is 2.27. The van der Waals surface area contributed by atoms with Gasteiger partial charge in [-0.15, -0.1) is 0 Å². The fourth-order valence-corrected chi connectivity index (χ4v) is 1.99. The summed E-state index contributed by atoms with van der Waals surface area (Å²) < 4.78 is 2.47. The van der Waals surface area contributed by atoms with Crippen molar-refractivity contribution in [2.24, 2.45) is 5.16 Å². The van der Waals surface area contributed by atoms with E-state index in [1.54, 1.807) is 23.6 Å². The molecule has 0 spiro atoms. The van der Waals surface area contributed by atoms with Crippen molar-refractivity contribution in [2.75, 3.05) is 0 Å². The van der Waals surface area contributed by atoms with Gasteiger partial charge in [-0.1, -0.05) is 33.2 Å². The van der Waals surface area contributed by atoms with Crippen molar-refractivity contribution >= 4 is 27.5 Å². The topological polar surface area (TPSA) is 93.5 Å². The van der Waals surface area contributed by atoms with Crippen LogP contribution in [0.2, 0.25) is 0 Å². The summed E-state index contributed by atoms with van der Waals surface area (Å²) in [5, 5.41) is 23.1. The van der Waals surface area contributed by atoms with Crippen molar-refractivity contribution in [2.45, 2.75) is 13.5 Å². The van der Waals surface area contributed by atoms with Gasteiger partial charge in [-0.05, 0) is 22.0 Å². The first-order chi connectivity index (χ1) is 9.51. The van der Waals surface area contributed by atoms with Gasteiger partial charge in [0, 0.05) is 17.0 Å². The van der Waals surface area contributed by atoms with Crippen molar-refractivity contribution < 1.29 is 10.1 Å². The molecule has 0 aliphatic heterocycles. The Bertz CT molecular complexity index is 664. The molecule has 0 atom stereocenters. The number of aryl methyl sites for hydroxylation is 1. The molecule has 0 saturated heterocycles. The summed E-state index contributed by atoms with van der Waals surface area (Å²) in [4.78, 5) is 13.9. The molecule has 8 heteroatoms. The fraction of sp³-hybridized carbons (Fsp3) is 0.167. The van der Waals surface area contributed by atoms with Crippen molar-refractivity contribution in [3.8, 4) is 0 Å². The van der Waals surface area contributed by atoms with E-state index in [2.05, 4.69) is 26.1 Å². The first-order valence-corrected chi connectivity index (χ1v) is 6.45. The SMILES string of the molecule is Cc1nc([N+](=O)[O-])cn1C/C(=N\O)c1ccc(Br)cc1. The van der Waals surface area contributed by atoms with Crippen LogP contribution in [0.1, 0.15) is 11.4 Å². The van der Waals surface area contributed by atoms with Gasteiger partial charge in [0.15, 0.2) is 0 Å². The molecule has 104 valence electrons. The van der Waals surface area contributed by atoms with Crippen molar-refractivity contribution in [1.82, 2.24) is 9.55 Å². The van der Waals surface area contributed by atoms with Gasteiger partial charge in [-0.25, -0.2) is 0 Å². The maximum absolute atomic E-state index is 10.7.